The van der Waals surface area contributed by atoms with Crippen LogP contribution in [0.25, 0.3) is 0 Å². The summed E-state index contributed by atoms with van der Waals surface area (Å²) in [6.45, 7) is 3.73. The molecule has 0 N–H and O–H groups in total. The molecule has 0 atom stereocenters. The summed E-state index contributed by atoms with van der Waals surface area (Å²) < 4.78 is 21.1. The summed E-state index contributed by atoms with van der Waals surface area (Å²) in [6, 6.07) is 6.62. The van der Waals surface area contributed by atoms with Crippen molar-refractivity contribution in [2.75, 3.05) is 52.9 Å². The van der Waals surface area contributed by atoms with E-state index >= 15 is 0 Å². The fourth-order valence-electron chi connectivity index (χ4n) is 2.02. The average molecular weight is 362 g/mol. The van der Waals surface area contributed by atoms with Gasteiger partial charge in [0.25, 0.3) is 0 Å². The van der Waals surface area contributed by atoms with Crippen LogP contribution in [0.5, 0.6) is 0 Å². The molecule has 6 heteroatoms. The molecule has 0 saturated heterocycles. The zero-order chi connectivity index (χ0) is 18.9. The smallest absolute Gasteiger partial charge is 0.162 e. The van der Waals surface area contributed by atoms with Crippen LogP contribution in [-0.4, -0.2) is 64.9 Å². The highest BCUT2D eigenvalue weighted by atomic mass is 16.6. The standard InChI is InChI=1S/C20H26O6/c1-2-9-23-11-13-25-15-16-26-14-12-24-10-3-4-20(22)19-7-5-18(17-21)6-8-19/h1,5-8,17H,3-4,9-16H2. The molecule has 0 aromatic heterocycles. The number of Topliss-reactive ketones (excluding diaryl/α,β-unsaturated/α-hetero) is 1. The van der Waals surface area contributed by atoms with Crippen LogP contribution >= 0.6 is 0 Å². The van der Waals surface area contributed by atoms with Crippen molar-refractivity contribution < 1.29 is 28.5 Å². The molecule has 0 heterocycles. The van der Waals surface area contributed by atoms with Gasteiger partial charge in [0.1, 0.15) is 12.9 Å². The van der Waals surface area contributed by atoms with Crippen LogP contribution in [-0.2, 0) is 18.9 Å². The Morgan fingerprint density at radius 3 is 1.96 bits per heavy atom. The van der Waals surface area contributed by atoms with Gasteiger partial charge in [-0.2, -0.15) is 0 Å². The average Bonchev–Trinajstić information content (AvgIpc) is 2.68. The molecule has 0 spiro atoms. The van der Waals surface area contributed by atoms with Gasteiger partial charge >= 0.3 is 0 Å². The highest BCUT2D eigenvalue weighted by Crippen LogP contribution is 2.07. The van der Waals surface area contributed by atoms with E-state index in [1.54, 1.807) is 24.3 Å². The van der Waals surface area contributed by atoms with Crippen LogP contribution in [0.1, 0.15) is 33.6 Å². The van der Waals surface area contributed by atoms with Crippen molar-refractivity contribution in [3.8, 4) is 12.3 Å². The number of ketones is 1. The van der Waals surface area contributed by atoms with Gasteiger partial charge in [0.15, 0.2) is 5.78 Å². The second-order valence-corrected chi connectivity index (χ2v) is 5.36. The Bertz CT molecular complexity index is 546. The van der Waals surface area contributed by atoms with Crippen molar-refractivity contribution >= 4 is 12.1 Å². The number of hydrogen-bond acceptors (Lipinski definition) is 6. The highest BCUT2D eigenvalue weighted by Gasteiger charge is 2.05. The maximum absolute atomic E-state index is 12.0. The van der Waals surface area contributed by atoms with Crippen LogP contribution in [0, 0.1) is 12.3 Å². The molecule has 142 valence electrons. The van der Waals surface area contributed by atoms with E-state index in [1.165, 1.54) is 0 Å². The van der Waals surface area contributed by atoms with E-state index in [4.69, 9.17) is 25.4 Å². The normalized spacial score (nSPS) is 10.4. The fraction of sp³-hybridized carbons (Fsp3) is 0.500. The summed E-state index contributed by atoms with van der Waals surface area (Å²) in [6.07, 6.45) is 6.86. The largest absolute Gasteiger partial charge is 0.379 e. The molecule has 6 nitrogen and oxygen atoms in total. The second-order valence-electron chi connectivity index (χ2n) is 5.36. The van der Waals surface area contributed by atoms with Crippen molar-refractivity contribution in [2.24, 2.45) is 0 Å². The van der Waals surface area contributed by atoms with Gasteiger partial charge in [-0.05, 0) is 6.42 Å². The number of carbonyl (C=O) groups is 2. The zero-order valence-electron chi connectivity index (χ0n) is 15.0. The van der Waals surface area contributed by atoms with Crippen molar-refractivity contribution in [3.05, 3.63) is 35.4 Å². The monoisotopic (exact) mass is 362 g/mol. The third-order valence-electron chi connectivity index (χ3n) is 3.36. The van der Waals surface area contributed by atoms with Gasteiger partial charge in [-0.1, -0.05) is 30.2 Å². The van der Waals surface area contributed by atoms with Gasteiger partial charge in [-0.15, -0.1) is 6.42 Å². The first kappa shape index (κ1) is 22.0. The molecular weight excluding hydrogens is 336 g/mol. The Hall–Kier alpha value is -2.04. The Labute approximate surface area is 154 Å². The van der Waals surface area contributed by atoms with Gasteiger partial charge < -0.3 is 18.9 Å². The third-order valence-corrected chi connectivity index (χ3v) is 3.36. The van der Waals surface area contributed by atoms with Crippen molar-refractivity contribution in [2.45, 2.75) is 12.8 Å². The maximum Gasteiger partial charge on any atom is 0.162 e. The Kier molecular flexibility index (Phi) is 12.9. The van der Waals surface area contributed by atoms with Gasteiger partial charge in [0.2, 0.25) is 0 Å². The number of hydrogen-bond donors (Lipinski definition) is 0. The van der Waals surface area contributed by atoms with E-state index in [0.29, 0.717) is 76.8 Å². The summed E-state index contributed by atoms with van der Waals surface area (Å²) in [4.78, 5) is 22.5. The molecular formula is C20H26O6. The molecule has 0 bridgehead atoms. The van der Waals surface area contributed by atoms with Crippen molar-refractivity contribution in [1.29, 1.82) is 0 Å². The number of benzene rings is 1. The fourth-order valence-corrected chi connectivity index (χ4v) is 2.02. The molecule has 0 saturated carbocycles. The predicted octanol–water partition coefficient (Wildman–Crippen LogP) is 2.16. The quantitative estimate of drug-likeness (QED) is 0.194. The molecule has 0 aliphatic rings. The third kappa shape index (κ3) is 10.7. The first-order valence-corrected chi connectivity index (χ1v) is 8.61. The molecule has 1 rings (SSSR count). The number of terminal acetylenes is 1. The van der Waals surface area contributed by atoms with E-state index in [9.17, 15) is 9.59 Å². The highest BCUT2D eigenvalue weighted by molar-refractivity contribution is 5.96. The first-order valence-electron chi connectivity index (χ1n) is 8.61. The minimum atomic E-state index is 0.0469. The minimum Gasteiger partial charge on any atom is -0.379 e. The summed E-state index contributed by atoms with van der Waals surface area (Å²) in [7, 11) is 0. The van der Waals surface area contributed by atoms with E-state index in [-0.39, 0.29) is 5.78 Å². The summed E-state index contributed by atoms with van der Waals surface area (Å²) in [5, 5.41) is 0. The van der Waals surface area contributed by atoms with Gasteiger partial charge in [0, 0.05) is 24.2 Å². The lowest BCUT2D eigenvalue weighted by atomic mass is 10.1. The van der Waals surface area contributed by atoms with E-state index < -0.39 is 0 Å². The molecule has 0 amide bonds. The van der Waals surface area contributed by atoms with Crippen molar-refractivity contribution in [3.63, 3.8) is 0 Å². The van der Waals surface area contributed by atoms with E-state index in [0.717, 1.165) is 6.29 Å². The lowest BCUT2D eigenvalue weighted by molar-refractivity contribution is 0.00102. The van der Waals surface area contributed by atoms with Gasteiger partial charge in [0.05, 0.1) is 39.6 Å². The van der Waals surface area contributed by atoms with Crippen LogP contribution in [0.2, 0.25) is 0 Å². The Morgan fingerprint density at radius 1 is 0.885 bits per heavy atom. The topological polar surface area (TPSA) is 71.1 Å². The summed E-state index contributed by atoms with van der Waals surface area (Å²) in [5.74, 6) is 2.43. The molecule has 0 unspecified atom stereocenters. The van der Waals surface area contributed by atoms with Crippen LogP contribution in [0.4, 0.5) is 0 Å². The zero-order valence-corrected chi connectivity index (χ0v) is 15.0. The number of ether oxygens (including phenoxy) is 4. The molecule has 1 aromatic carbocycles. The lowest BCUT2D eigenvalue weighted by Gasteiger charge is -2.07. The van der Waals surface area contributed by atoms with Crippen LogP contribution < -0.4 is 0 Å². The number of rotatable bonds is 16. The van der Waals surface area contributed by atoms with Crippen LogP contribution in [0.3, 0.4) is 0 Å². The van der Waals surface area contributed by atoms with Gasteiger partial charge in [-0.3, -0.25) is 9.59 Å². The SMILES string of the molecule is C#CCOCCOCCOCCOCCCC(=O)c1ccc(C=O)cc1. The van der Waals surface area contributed by atoms with Gasteiger partial charge in [-0.25, -0.2) is 0 Å². The molecule has 0 aliphatic carbocycles. The molecule has 0 fully saturated rings. The minimum absolute atomic E-state index is 0.0469. The lowest BCUT2D eigenvalue weighted by Crippen LogP contribution is -2.12. The van der Waals surface area contributed by atoms with Crippen LogP contribution in [0.15, 0.2) is 24.3 Å². The summed E-state index contributed by atoms with van der Waals surface area (Å²) >= 11 is 0. The number of carbonyl (C=O) groups excluding carboxylic acids is 2. The number of aldehydes is 1. The first-order chi connectivity index (χ1) is 12.8. The molecule has 26 heavy (non-hydrogen) atoms. The molecule has 0 aliphatic heterocycles. The van der Waals surface area contributed by atoms with E-state index in [1.807, 2.05) is 0 Å². The molecule has 0 radical (unpaired) electrons. The summed E-state index contributed by atoms with van der Waals surface area (Å²) in [5.41, 5.74) is 1.18. The molecule has 1 aromatic rings. The predicted molar refractivity (Wildman–Crippen MR) is 97.5 cm³/mol. The van der Waals surface area contributed by atoms with E-state index in [2.05, 4.69) is 5.92 Å². The Balaban J connectivity index is 1.89. The van der Waals surface area contributed by atoms with Crippen molar-refractivity contribution in [1.82, 2.24) is 0 Å². The second kappa shape index (κ2) is 15.2. The Morgan fingerprint density at radius 2 is 1.42 bits per heavy atom. The maximum atomic E-state index is 12.0.